The summed E-state index contributed by atoms with van der Waals surface area (Å²) in [5.74, 6) is -3.12. The quantitative estimate of drug-likeness (QED) is 0.808. The number of nitrogens with two attached hydrogens (primary N) is 1. The SMILES string of the molecule is NC(=O)c1c(F)cc(-c2cnn(-c3ccccc3)c2)cc1F. The number of hydrogen-bond donors (Lipinski definition) is 1. The van der Waals surface area contributed by atoms with Crippen LogP contribution in [-0.2, 0) is 0 Å². The molecular formula is C16H11F2N3O. The molecule has 0 unspecified atom stereocenters. The zero-order valence-electron chi connectivity index (χ0n) is 11.3. The van der Waals surface area contributed by atoms with E-state index in [2.05, 4.69) is 5.10 Å². The maximum atomic E-state index is 13.8. The summed E-state index contributed by atoms with van der Waals surface area (Å²) >= 11 is 0. The number of primary amides is 1. The number of rotatable bonds is 3. The first-order valence-corrected chi connectivity index (χ1v) is 6.45. The number of para-hydroxylation sites is 1. The molecule has 0 saturated carbocycles. The largest absolute Gasteiger partial charge is 0.365 e. The van der Waals surface area contributed by atoms with Gasteiger partial charge in [0, 0.05) is 11.8 Å². The van der Waals surface area contributed by atoms with Gasteiger partial charge in [-0.3, -0.25) is 4.79 Å². The summed E-state index contributed by atoms with van der Waals surface area (Å²) < 4.78 is 29.2. The molecule has 0 radical (unpaired) electrons. The molecule has 6 heteroatoms. The van der Waals surface area contributed by atoms with E-state index in [1.54, 1.807) is 10.9 Å². The Hall–Kier alpha value is -3.02. The Morgan fingerprint density at radius 2 is 1.68 bits per heavy atom. The zero-order valence-corrected chi connectivity index (χ0v) is 11.3. The van der Waals surface area contributed by atoms with Crippen molar-refractivity contribution < 1.29 is 13.6 Å². The molecule has 0 aliphatic heterocycles. The van der Waals surface area contributed by atoms with Crippen LogP contribution in [0.25, 0.3) is 16.8 Å². The Morgan fingerprint density at radius 3 is 2.27 bits per heavy atom. The van der Waals surface area contributed by atoms with Crippen molar-refractivity contribution in [2.45, 2.75) is 0 Å². The number of hydrogen-bond acceptors (Lipinski definition) is 2. The first kappa shape index (κ1) is 13.9. The lowest BCUT2D eigenvalue weighted by Gasteiger charge is -2.04. The van der Waals surface area contributed by atoms with Crippen LogP contribution in [0.5, 0.6) is 0 Å². The van der Waals surface area contributed by atoms with Gasteiger partial charge in [-0.2, -0.15) is 5.10 Å². The first-order valence-electron chi connectivity index (χ1n) is 6.45. The molecule has 1 aromatic heterocycles. The fraction of sp³-hybridized carbons (Fsp3) is 0. The van der Waals surface area contributed by atoms with Gasteiger partial charge in [0.15, 0.2) is 0 Å². The molecule has 2 aromatic carbocycles. The van der Waals surface area contributed by atoms with E-state index >= 15 is 0 Å². The molecule has 2 N–H and O–H groups in total. The Bertz CT molecular complexity index is 821. The molecule has 3 aromatic rings. The second-order valence-corrected chi connectivity index (χ2v) is 4.69. The van der Waals surface area contributed by atoms with Gasteiger partial charge in [0.1, 0.15) is 17.2 Å². The van der Waals surface area contributed by atoms with Crippen molar-refractivity contribution in [3.63, 3.8) is 0 Å². The van der Waals surface area contributed by atoms with Gasteiger partial charge in [-0.1, -0.05) is 18.2 Å². The summed E-state index contributed by atoms with van der Waals surface area (Å²) in [6.45, 7) is 0. The number of nitrogens with zero attached hydrogens (tertiary/aromatic N) is 2. The molecule has 110 valence electrons. The number of benzene rings is 2. The van der Waals surface area contributed by atoms with E-state index in [0.717, 1.165) is 17.8 Å². The molecule has 0 spiro atoms. The summed E-state index contributed by atoms with van der Waals surface area (Å²) in [7, 11) is 0. The minimum atomic E-state index is -1.14. The van der Waals surface area contributed by atoms with Crippen LogP contribution in [0.4, 0.5) is 8.78 Å². The number of aromatic nitrogens is 2. The Balaban J connectivity index is 2.03. The van der Waals surface area contributed by atoms with Gasteiger partial charge in [0.25, 0.3) is 5.91 Å². The molecule has 0 bridgehead atoms. The Morgan fingerprint density at radius 1 is 1.05 bits per heavy atom. The summed E-state index contributed by atoms with van der Waals surface area (Å²) in [5.41, 5.74) is 5.84. The normalized spacial score (nSPS) is 10.6. The van der Waals surface area contributed by atoms with Gasteiger partial charge in [0.2, 0.25) is 0 Å². The molecule has 1 amide bonds. The highest BCUT2D eigenvalue weighted by atomic mass is 19.1. The minimum Gasteiger partial charge on any atom is -0.365 e. The van der Waals surface area contributed by atoms with Gasteiger partial charge < -0.3 is 5.73 Å². The van der Waals surface area contributed by atoms with E-state index in [4.69, 9.17) is 5.73 Å². The van der Waals surface area contributed by atoms with Crippen molar-refractivity contribution in [1.82, 2.24) is 9.78 Å². The average molecular weight is 299 g/mol. The first-order chi connectivity index (χ1) is 10.6. The molecule has 4 nitrogen and oxygen atoms in total. The van der Waals surface area contributed by atoms with Gasteiger partial charge in [-0.05, 0) is 29.8 Å². The summed E-state index contributed by atoms with van der Waals surface area (Å²) in [6, 6.07) is 11.4. The lowest BCUT2D eigenvalue weighted by atomic mass is 10.1. The predicted molar refractivity (Wildman–Crippen MR) is 77.4 cm³/mol. The highest BCUT2D eigenvalue weighted by Crippen LogP contribution is 2.24. The van der Waals surface area contributed by atoms with Gasteiger partial charge in [-0.15, -0.1) is 0 Å². The Labute approximate surface area is 124 Å². The smallest absolute Gasteiger partial charge is 0.254 e. The third kappa shape index (κ3) is 2.46. The van der Waals surface area contributed by atoms with Crippen molar-refractivity contribution >= 4 is 5.91 Å². The van der Waals surface area contributed by atoms with Gasteiger partial charge in [0.05, 0.1) is 11.9 Å². The van der Waals surface area contributed by atoms with E-state index in [1.165, 1.54) is 6.20 Å². The van der Waals surface area contributed by atoms with E-state index in [1.807, 2.05) is 30.3 Å². The monoisotopic (exact) mass is 299 g/mol. The molecule has 22 heavy (non-hydrogen) atoms. The predicted octanol–water partition coefficient (Wildman–Crippen LogP) is 2.92. The van der Waals surface area contributed by atoms with Crippen LogP contribution in [0.15, 0.2) is 54.9 Å². The third-order valence-corrected chi connectivity index (χ3v) is 3.23. The fourth-order valence-corrected chi connectivity index (χ4v) is 2.17. The molecule has 3 rings (SSSR count). The van der Waals surface area contributed by atoms with Crippen LogP contribution < -0.4 is 5.73 Å². The van der Waals surface area contributed by atoms with Crippen LogP contribution >= 0.6 is 0 Å². The second-order valence-electron chi connectivity index (χ2n) is 4.69. The van der Waals surface area contributed by atoms with E-state index < -0.39 is 23.1 Å². The number of amides is 1. The van der Waals surface area contributed by atoms with E-state index in [9.17, 15) is 13.6 Å². The summed E-state index contributed by atoms with van der Waals surface area (Å²) in [6.07, 6.45) is 3.14. The maximum Gasteiger partial charge on any atom is 0.254 e. The summed E-state index contributed by atoms with van der Waals surface area (Å²) in [5, 5.41) is 4.16. The third-order valence-electron chi connectivity index (χ3n) is 3.23. The van der Waals surface area contributed by atoms with E-state index in [0.29, 0.717) is 5.56 Å². The fourth-order valence-electron chi connectivity index (χ4n) is 2.17. The highest BCUT2D eigenvalue weighted by Gasteiger charge is 2.17. The van der Waals surface area contributed by atoms with Crippen molar-refractivity contribution in [2.24, 2.45) is 5.73 Å². The second kappa shape index (κ2) is 5.40. The number of carbonyl (C=O) groups excluding carboxylic acids is 1. The molecule has 0 atom stereocenters. The van der Waals surface area contributed by atoms with Crippen LogP contribution in [0, 0.1) is 11.6 Å². The van der Waals surface area contributed by atoms with Crippen LogP contribution in [-0.4, -0.2) is 15.7 Å². The van der Waals surface area contributed by atoms with Crippen LogP contribution in [0.3, 0.4) is 0 Å². The molecule has 0 aliphatic carbocycles. The summed E-state index contributed by atoms with van der Waals surface area (Å²) in [4.78, 5) is 11.0. The number of carbonyl (C=O) groups is 1. The van der Waals surface area contributed by atoms with Crippen LogP contribution in [0.1, 0.15) is 10.4 Å². The van der Waals surface area contributed by atoms with Gasteiger partial charge >= 0.3 is 0 Å². The molecule has 0 aliphatic rings. The number of halogens is 2. The van der Waals surface area contributed by atoms with Crippen molar-refractivity contribution in [1.29, 1.82) is 0 Å². The average Bonchev–Trinajstić information content (AvgIpc) is 2.97. The van der Waals surface area contributed by atoms with Crippen LogP contribution in [0.2, 0.25) is 0 Å². The Kier molecular flexibility index (Phi) is 3.42. The maximum absolute atomic E-state index is 13.8. The molecular weight excluding hydrogens is 288 g/mol. The highest BCUT2D eigenvalue weighted by molar-refractivity contribution is 5.94. The van der Waals surface area contributed by atoms with Gasteiger partial charge in [-0.25, -0.2) is 13.5 Å². The standard InChI is InChI=1S/C16H11F2N3O/c17-13-6-10(7-14(18)15(13)16(19)22)11-8-20-21(9-11)12-4-2-1-3-5-12/h1-9H,(H2,19,22). The molecule has 0 fully saturated rings. The van der Waals surface area contributed by atoms with Crippen molar-refractivity contribution in [3.05, 3.63) is 72.1 Å². The van der Waals surface area contributed by atoms with E-state index in [-0.39, 0.29) is 5.56 Å². The molecule has 1 heterocycles. The zero-order chi connectivity index (χ0) is 15.7. The lowest BCUT2D eigenvalue weighted by Crippen LogP contribution is -2.15. The minimum absolute atomic E-state index is 0.280. The van der Waals surface area contributed by atoms with Crippen molar-refractivity contribution in [3.8, 4) is 16.8 Å². The van der Waals surface area contributed by atoms with Crippen molar-refractivity contribution in [2.75, 3.05) is 0 Å². The lowest BCUT2D eigenvalue weighted by molar-refractivity contribution is 0.0992. The topological polar surface area (TPSA) is 60.9 Å². The molecule has 0 saturated heterocycles.